The van der Waals surface area contributed by atoms with Crippen LogP contribution < -0.4 is 0 Å². The van der Waals surface area contributed by atoms with E-state index in [9.17, 15) is 4.79 Å². The Hall–Kier alpha value is -3.83. The molecule has 174 valence electrons. The van der Waals surface area contributed by atoms with Gasteiger partial charge in [-0.2, -0.15) is 0 Å². The highest BCUT2D eigenvalue weighted by Gasteiger charge is 2.30. The molecular weight excluding hydrogens is 432 g/mol. The first-order chi connectivity index (χ1) is 17.3. The van der Waals surface area contributed by atoms with E-state index in [-0.39, 0.29) is 5.91 Å². The van der Waals surface area contributed by atoms with Crippen LogP contribution in [0.1, 0.15) is 39.2 Å². The molecule has 1 saturated heterocycles. The molecule has 1 aliphatic heterocycles. The molecule has 2 aromatic heterocycles. The summed E-state index contributed by atoms with van der Waals surface area (Å²) in [7, 11) is 0. The summed E-state index contributed by atoms with van der Waals surface area (Å²) in [6, 6.07) is 22.6. The maximum Gasteiger partial charge on any atom is 0.254 e. The van der Waals surface area contributed by atoms with Crippen LogP contribution in [0.15, 0.2) is 79.1 Å². The second kappa shape index (κ2) is 9.43. The van der Waals surface area contributed by atoms with E-state index >= 15 is 0 Å². The number of benzene rings is 2. The van der Waals surface area contributed by atoms with E-state index in [1.807, 2.05) is 41.6 Å². The Balaban J connectivity index is 1.30. The van der Waals surface area contributed by atoms with E-state index in [1.54, 1.807) is 0 Å². The number of piperazine rings is 1. The highest BCUT2D eigenvalue weighted by molar-refractivity contribution is 6.09. The predicted molar refractivity (Wildman–Crippen MR) is 140 cm³/mol. The molecule has 0 unspecified atom stereocenters. The molecule has 0 N–H and O–H groups in total. The summed E-state index contributed by atoms with van der Waals surface area (Å²) in [6.45, 7) is 4.12. The van der Waals surface area contributed by atoms with E-state index in [4.69, 9.17) is 4.98 Å². The van der Waals surface area contributed by atoms with Crippen LogP contribution in [-0.2, 0) is 13.0 Å². The molecule has 4 aromatic rings. The third kappa shape index (κ3) is 4.35. The first-order valence-corrected chi connectivity index (χ1v) is 12.3. The van der Waals surface area contributed by atoms with Crippen molar-refractivity contribution in [2.75, 3.05) is 26.2 Å². The maximum atomic E-state index is 14.0. The molecule has 6 rings (SSSR count). The Morgan fingerprint density at radius 2 is 1.60 bits per heavy atom. The number of para-hydroxylation sites is 1. The number of carbonyl (C=O) groups excluding carboxylic acids is 1. The smallest absolute Gasteiger partial charge is 0.254 e. The third-order valence-electron chi connectivity index (χ3n) is 7.11. The van der Waals surface area contributed by atoms with Gasteiger partial charge in [-0.25, -0.2) is 4.98 Å². The quantitative estimate of drug-likeness (QED) is 0.426. The summed E-state index contributed by atoms with van der Waals surface area (Å²) < 4.78 is 0. The minimum absolute atomic E-state index is 0.143. The number of fused-ring (bicyclic) bond motifs is 2. The second-order valence-electron chi connectivity index (χ2n) is 9.34. The first kappa shape index (κ1) is 21.7. The van der Waals surface area contributed by atoms with Crippen molar-refractivity contribution in [3.05, 3.63) is 107 Å². The molecule has 0 saturated carbocycles. The van der Waals surface area contributed by atoms with Gasteiger partial charge in [0.2, 0.25) is 0 Å². The zero-order chi connectivity index (χ0) is 23.6. The number of hydrogen-bond donors (Lipinski definition) is 0. The van der Waals surface area contributed by atoms with Gasteiger partial charge in [0, 0.05) is 50.5 Å². The van der Waals surface area contributed by atoms with Gasteiger partial charge in [-0.05, 0) is 59.4 Å². The van der Waals surface area contributed by atoms with Crippen LogP contribution >= 0.6 is 0 Å². The Kier molecular flexibility index (Phi) is 5.84. The lowest BCUT2D eigenvalue weighted by Crippen LogP contribution is -2.48. The van der Waals surface area contributed by atoms with Gasteiger partial charge in [0.05, 0.1) is 16.8 Å². The summed E-state index contributed by atoms with van der Waals surface area (Å²) in [6.07, 6.45) is 7.66. The molecule has 1 aliphatic carbocycles. The molecule has 0 radical (unpaired) electrons. The lowest BCUT2D eigenvalue weighted by atomic mass is 9.99. The Morgan fingerprint density at radius 3 is 2.40 bits per heavy atom. The number of aromatic nitrogens is 2. The fourth-order valence-corrected chi connectivity index (χ4v) is 5.29. The zero-order valence-corrected chi connectivity index (χ0v) is 19.7. The van der Waals surface area contributed by atoms with Crippen LogP contribution in [0.4, 0.5) is 0 Å². The van der Waals surface area contributed by atoms with Crippen molar-refractivity contribution in [3.8, 4) is 0 Å². The average Bonchev–Trinajstić information content (AvgIpc) is 3.30. The van der Waals surface area contributed by atoms with Crippen LogP contribution in [-0.4, -0.2) is 51.9 Å². The molecule has 0 spiro atoms. The molecule has 2 aliphatic rings. The highest BCUT2D eigenvalue weighted by atomic mass is 16.2. The van der Waals surface area contributed by atoms with Gasteiger partial charge >= 0.3 is 0 Å². The summed E-state index contributed by atoms with van der Waals surface area (Å²) in [4.78, 5) is 27.5. The van der Waals surface area contributed by atoms with E-state index in [1.165, 1.54) is 16.7 Å². The summed E-state index contributed by atoms with van der Waals surface area (Å²) >= 11 is 0. The molecule has 5 nitrogen and oxygen atoms in total. The first-order valence-electron chi connectivity index (χ1n) is 12.3. The number of carbonyl (C=O) groups is 1. The molecule has 2 aromatic carbocycles. The molecule has 3 heterocycles. The maximum absolute atomic E-state index is 14.0. The minimum atomic E-state index is 0.143. The monoisotopic (exact) mass is 460 g/mol. The summed E-state index contributed by atoms with van der Waals surface area (Å²) in [5, 5.41) is 0.969. The normalized spacial score (nSPS) is 17.1. The second-order valence-corrected chi connectivity index (χ2v) is 9.34. The molecule has 0 bridgehead atoms. The fourth-order valence-electron chi connectivity index (χ4n) is 5.29. The number of rotatable bonds is 4. The fraction of sp³-hybridized carbons (Fsp3) is 0.233. The van der Waals surface area contributed by atoms with Crippen molar-refractivity contribution < 1.29 is 4.79 Å². The van der Waals surface area contributed by atoms with E-state index in [2.05, 4.69) is 58.4 Å². The van der Waals surface area contributed by atoms with Crippen LogP contribution in [0.3, 0.4) is 0 Å². The lowest BCUT2D eigenvalue weighted by molar-refractivity contribution is 0.0629. The van der Waals surface area contributed by atoms with Crippen molar-refractivity contribution >= 4 is 28.5 Å². The van der Waals surface area contributed by atoms with Crippen molar-refractivity contribution in [1.82, 2.24) is 19.8 Å². The lowest BCUT2D eigenvalue weighted by Gasteiger charge is -2.35. The minimum Gasteiger partial charge on any atom is -0.336 e. The van der Waals surface area contributed by atoms with Crippen LogP contribution in [0.2, 0.25) is 0 Å². The molecular formula is C30H28N4O. The van der Waals surface area contributed by atoms with E-state index < -0.39 is 0 Å². The molecule has 35 heavy (non-hydrogen) atoms. The van der Waals surface area contributed by atoms with E-state index in [0.717, 1.165) is 73.3 Å². The standard InChI is InChI=1S/C30H28N4O/c35-30(34-18-16-33(17-19-34)21-23-12-14-31-15-13-23)28-25-8-4-5-9-27(25)32-29-24(10-11-26(28)29)20-22-6-2-1-3-7-22/h1-9,12-15,20H,10-11,16-19,21H2/b24-20+. The number of amides is 1. The van der Waals surface area contributed by atoms with Gasteiger partial charge in [-0.3, -0.25) is 14.7 Å². The van der Waals surface area contributed by atoms with Crippen LogP contribution in [0.25, 0.3) is 22.6 Å². The predicted octanol–water partition coefficient (Wildman–Crippen LogP) is 5.07. The average molecular weight is 461 g/mol. The van der Waals surface area contributed by atoms with Crippen LogP contribution in [0.5, 0.6) is 0 Å². The number of nitrogens with zero attached hydrogens (tertiary/aromatic N) is 4. The molecule has 1 amide bonds. The summed E-state index contributed by atoms with van der Waals surface area (Å²) in [5.74, 6) is 0.143. The molecule has 1 fully saturated rings. The SMILES string of the molecule is O=C(c1c2c(nc3ccccc13)/C(=C/c1ccccc1)CC2)N1CCN(Cc2ccncc2)CC1. The van der Waals surface area contributed by atoms with Crippen LogP contribution in [0, 0.1) is 0 Å². The van der Waals surface area contributed by atoms with Gasteiger partial charge in [0.1, 0.15) is 0 Å². The van der Waals surface area contributed by atoms with Gasteiger partial charge in [0.15, 0.2) is 0 Å². The largest absolute Gasteiger partial charge is 0.336 e. The third-order valence-corrected chi connectivity index (χ3v) is 7.11. The number of hydrogen-bond acceptors (Lipinski definition) is 4. The number of allylic oxidation sites excluding steroid dienone is 1. The molecule has 0 atom stereocenters. The van der Waals surface area contributed by atoms with Crippen molar-refractivity contribution in [2.24, 2.45) is 0 Å². The Bertz CT molecular complexity index is 1390. The topological polar surface area (TPSA) is 49.3 Å². The number of pyridine rings is 2. The highest BCUT2D eigenvalue weighted by Crippen LogP contribution is 2.38. The van der Waals surface area contributed by atoms with Crippen molar-refractivity contribution in [1.29, 1.82) is 0 Å². The van der Waals surface area contributed by atoms with Gasteiger partial charge in [-0.1, -0.05) is 48.5 Å². The van der Waals surface area contributed by atoms with Gasteiger partial charge in [0.25, 0.3) is 5.91 Å². The van der Waals surface area contributed by atoms with Crippen molar-refractivity contribution in [2.45, 2.75) is 19.4 Å². The van der Waals surface area contributed by atoms with Gasteiger partial charge in [-0.15, -0.1) is 0 Å². The van der Waals surface area contributed by atoms with E-state index in [0.29, 0.717) is 0 Å². The Morgan fingerprint density at radius 1 is 0.857 bits per heavy atom. The Labute approximate surface area is 205 Å². The summed E-state index contributed by atoms with van der Waals surface area (Å²) in [5.41, 5.74) is 7.49. The van der Waals surface area contributed by atoms with Gasteiger partial charge < -0.3 is 4.90 Å². The van der Waals surface area contributed by atoms with Crippen molar-refractivity contribution in [3.63, 3.8) is 0 Å². The molecule has 5 heteroatoms. The zero-order valence-electron chi connectivity index (χ0n) is 19.7.